The van der Waals surface area contributed by atoms with Crippen molar-refractivity contribution in [3.63, 3.8) is 0 Å². The summed E-state index contributed by atoms with van der Waals surface area (Å²) in [6, 6.07) is 23.3. The van der Waals surface area contributed by atoms with E-state index >= 15 is 0 Å². The summed E-state index contributed by atoms with van der Waals surface area (Å²) >= 11 is 1.33. The van der Waals surface area contributed by atoms with E-state index in [0.717, 1.165) is 6.42 Å². The lowest BCUT2D eigenvalue weighted by molar-refractivity contribution is -0.384. The second-order valence-corrected chi connectivity index (χ2v) is 10.0. The third-order valence-corrected chi connectivity index (χ3v) is 7.98. The molecule has 0 saturated heterocycles. The van der Waals surface area contributed by atoms with Crippen molar-refractivity contribution in [3.8, 4) is 11.3 Å². The first kappa shape index (κ1) is 20.7. The first-order valence-corrected chi connectivity index (χ1v) is 12.0. The Morgan fingerprint density at radius 3 is 2.32 bits per heavy atom. The molecule has 168 valence electrons. The molecule has 7 rings (SSSR count). The Labute approximate surface area is 200 Å². The van der Waals surface area contributed by atoms with Crippen LogP contribution in [0.25, 0.3) is 11.3 Å². The highest BCUT2D eigenvalue weighted by atomic mass is 32.1. The molecule has 1 aromatic heterocycles. The number of thiazole rings is 1. The molecule has 4 aromatic rings. The number of aromatic nitrogens is 1. The maximum Gasteiger partial charge on any atom is 0.270 e. The molecule has 0 aliphatic heterocycles. The topological polar surface area (TPSA) is 85.1 Å². The minimum atomic E-state index is -0.620. The van der Waals surface area contributed by atoms with Gasteiger partial charge in [0.25, 0.3) is 5.69 Å². The second kappa shape index (κ2) is 7.60. The fourth-order valence-corrected chi connectivity index (χ4v) is 6.39. The smallest absolute Gasteiger partial charge is 0.270 e. The molecule has 0 radical (unpaired) electrons. The van der Waals surface area contributed by atoms with Gasteiger partial charge in [0.2, 0.25) is 5.91 Å². The molecule has 1 N–H and O–H groups in total. The molecule has 1 atom stereocenters. The van der Waals surface area contributed by atoms with Gasteiger partial charge in [-0.1, -0.05) is 60.7 Å². The Morgan fingerprint density at radius 1 is 1.03 bits per heavy atom. The van der Waals surface area contributed by atoms with E-state index in [1.807, 2.05) is 17.5 Å². The molecule has 1 amide bonds. The number of amides is 1. The number of carbonyl (C=O) groups excluding carboxylic acids is 1. The van der Waals surface area contributed by atoms with Crippen molar-refractivity contribution in [2.45, 2.75) is 25.2 Å². The Kier molecular flexibility index (Phi) is 4.64. The number of benzene rings is 3. The number of non-ortho nitro benzene ring substituents is 1. The average Bonchev–Trinajstić information content (AvgIpc) is 3.33. The fraction of sp³-hybridized carbons (Fsp3) is 0.185. The van der Waals surface area contributed by atoms with Gasteiger partial charge in [0.15, 0.2) is 5.13 Å². The van der Waals surface area contributed by atoms with Crippen LogP contribution in [0, 0.1) is 15.5 Å². The molecular formula is C27H21N3O3S. The zero-order valence-electron chi connectivity index (χ0n) is 18.4. The quantitative estimate of drug-likeness (QED) is 0.280. The van der Waals surface area contributed by atoms with E-state index in [1.165, 1.54) is 45.7 Å². The number of anilines is 1. The lowest BCUT2D eigenvalue weighted by Crippen LogP contribution is -2.47. The van der Waals surface area contributed by atoms with Crippen molar-refractivity contribution < 1.29 is 9.72 Å². The van der Waals surface area contributed by atoms with Crippen LogP contribution in [0.5, 0.6) is 0 Å². The summed E-state index contributed by atoms with van der Waals surface area (Å²) in [5.41, 5.74) is 5.74. The standard InChI is InChI=1S/C27H21N3O3S/c1-27(14-22-18-9-2-4-11-20(18)24(27)21-12-5-3-10-19(21)22)25(31)29-26-28-23(15-34-26)16-7-6-8-17(13-16)30(32)33/h2-13,15,22,24H,14H2,1H3,(H,28,29,31)/t22?,24?,27-/m1/s1. The highest BCUT2D eigenvalue weighted by molar-refractivity contribution is 7.14. The molecule has 34 heavy (non-hydrogen) atoms. The molecule has 3 aliphatic rings. The number of carbonyl (C=O) groups is 1. The van der Waals surface area contributed by atoms with Gasteiger partial charge < -0.3 is 5.32 Å². The molecule has 0 spiro atoms. The molecule has 6 nitrogen and oxygen atoms in total. The van der Waals surface area contributed by atoms with Gasteiger partial charge in [0.1, 0.15) is 0 Å². The predicted octanol–water partition coefficient (Wildman–Crippen LogP) is 6.34. The van der Waals surface area contributed by atoms with Gasteiger partial charge in [-0.3, -0.25) is 14.9 Å². The highest BCUT2D eigenvalue weighted by Crippen LogP contribution is 2.61. The fourth-order valence-electron chi connectivity index (χ4n) is 5.67. The van der Waals surface area contributed by atoms with Gasteiger partial charge >= 0.3 is 0 Å². The van der Waals surface area contributed by atoms with Gasteiger partial charge in [-0.05, 0) is 35.6 Å². The normalized spacial score (nSPS) is 22.0. The maximum absolute atomic E-state index is 13.8. The van der Waals surface area contributed by atoms with E-state index in [9.17, 15) is 14.9 Å². The van der Waals surface area contributed by atoms with E-state index in [4.69, 9.17) is 0 Å². The van der Waals surface area contributed by atoms with E-state index in [-0.39, 0.29) is 23.4 Å². The van der Waals surface area contributed by atoms with Crippen molar-refractivity contribution >= 4 is 28.1 Å². The molecule has 3 aromatic carbocycles. The Morgan fingerprint density at radius 2 is 1.68 bits per heavy atom. The lowest BCUT2D eigenvalue weighted by atomic mass is 9.52. The zero-order chi connectivity index (χ0) is 23.4. The van der Waals surface area contributed by atoms with Gasteiger partial charge in [-0.2, -0.15) is 0 Å². The highest BCUT2D eigenvalue weighted by Gasteiger charge is 2.53. The van der Waals surface area contributed by atoms with Gasteiger partial charge in [0, 0.05) is 34.9 Å². The Hall–Kier alpha value is -3.84. The van der Waals surface area contributed by atoms with Crippen LogP contribution in [-0.2, 0) is 4.79 Å². The van der Waals surface area contributed by atoms with Gasteiger partial charge in [-0.15, -0.1) is 11.3 Å². The summed E-state index contributed by atoms with van der Waals surface area (Å²) in [4.78, 5) is 29.0. The molecule has 7 heteroatoms. The first-order valence-electron chi connectivity index (χ1n) is 11.1. The van der Waals surface area contributed by atoms with Crippen molar-refractivity contribution in [1.29, 1.82) is 0 Å². The minimum Gasteiger partial charge on any atom is -0.301 e. The molecular weight excluding hydrogens is 446 g/mol. The minimum absolute atomic E-state index is 0.0131. The number of nitro groups is 1. The second-order valence-electron chi connectivity index (χ2n) is 9.16. The van der Waals surface area contributed by atoms with Crippen LogP contribution in [0.2, 0.25) is 0 Å². The lowest BCUT2D eigenvalue weighted by Gasteiger charge is -2.50. The largest absolute Gasteiger partial charge is 0.301 e. The zero-order valence-corrected chi connectivity index (χ0v) is 19.2. The van der Waals surface area contributed by atoms with E-state index in [2.05, 4.69) is 53.6 Å². The van der Waals surface area contributed by atoms with Crippen LogP contribution >= 0.6 is 11.3 Å². The number of nitro benzene ring substituents is 1. The summed E-state index contributed by atoms with van der Waals surface area (Å²) in [5.74, 6) is 0.109. The van der Waals surface area contributed by atoms with Gasteiger partial charge in [0.05, 0.1) is 16.0 Å². The average molecular weight is 468 g/mol. The molecule has 0 saturated carbocycles. The number of hydrogen-bond donors (Lipinski definition) is 1. The van der Waals surface area contributed by atoms with Crippen LogP contribution in [0.3, 0.4) is 0 Å². The van der Waals surface area contributed by atoms with Crippen molar-refractivity contribution in [2.75, 3.05) is 5.32 Å². The van der Waals surface area contributed by atoms with Crippen LogP contribution in [0.4, 0.5) is 10.8 Å². The maximum atomic E-state index is 13.8. The molecule has 0 unspecified atom stereocenters. The summed E-state index contributed by atoms with van der Waals surface area (Å²) in [7, 11) is 0. The van der Waals surface area contributed by atoms with Gasteiger partial charge in [-0.25, -0.2) is 4.98 Å². The van der Waals surface area contributed by atoms with Crippen LogP contribution in [0.1, 0.15) is 47.4 Å². The van der Waals surface area contributed by atoms with Crippen molar-refractivity contribution in [3.05, 3.63) is 111 Å². The monoisotopic (exact) mass is 467 g/mol. The van der Waals surface area contributed by atoms with Crippen molar-refractivity contribution in [2.24, 2.45) is 5.41 Å². The SMILES string of the molecule is C[C@@]1(C(=O)Nc2nc(-c3cccc([N+](=O)[O-])c3)cs2)CC2c3ccccc3C1c1ccccc12. The number of fused-ring (bicyclic) bond motifs is 1. The Bertz CT molecular complexity index is 1420. The van der Waals surface area contributed by atoms with Crippen LogP contribution in [0.15, 0.2) is 78.2 Å². The first-order chi connectivity index (χ1) is 16.5. The van der Waals surface area contributed by atoms with E-state index in [1.54, 1.807) is 12.1 Å². The Balaban J connectivity index is 1.33. The third kappa shape index (κ3) is 3.08. The predicted molar refractivity (Wildman–Crippen MR) is 132 cm³/mol. The summed E-state index contributed by atoms with van der Waals surface area (Å²) in [6.45, 7) is 2.06. The van der Waals surface area contributed by atoms with E-state index < -0.39 is 10.3 Å². The van der Waals surface area contributed by atoms with Crippen LogP contribution in [-0.4, -0.2) is 15.8 Å². The molecule has 2 bridgehead atoms. The summed E-state index contributed by atoms with van der Waals surface area (Å²) in [6.07, 6.45) is 0.737. The summed E-state index contributed by atoms with van der Waals surface area (Å²) < 4.78 is 0. The number of hydrogen-bond acceptors (Lipinski definition) is 5. The van der Waals surface area contributed by atoms with E-state index in [0.29, 0.717) is 16.4 Å². The van der Waals surface area contributed by atoms with Crippen LogP contribution < -0.4 is 5.32 Å². The molecule has 3 aliphatic carbocycles. The third-order valence-electron chi connectivity index (χ3n) is 7.23. The number of nitrogens with one attached hydrogen (secondary N) is 1. The molecule has 0 fully saturated rings. The number of rotatable bonds is 4. The molecule has 1 heterocycles. The summed E-state index contributed by atoms with van der Waals surface area (Å²) in [5, 5.41) is 16.5. The number of nitrogens with zero attached hydrogens (tertiary/aromatic N) is 2. The van der Waals surface area contributed by atoms with Crippen molar-refractivity contribution in [1.82, 2.24) is 4.98 Å².